The van der Waals surface area contributed by atoms with Crippen molar-refractivity contribution in [1.82, 2.24) is 10.4 Å². The SMILES string of the molecule is O=C(N/N=C\c1ccccn1)C(=O)Nc1ccc(OCc2ccccc2)cc1. The summed E-state index contributed by atoms with van der Waals surface area (Å²) in [4.78, 5) is 27.7. The number of ether oxygens (including phenoxy) is 1. The first-order valence-corrected chi connectivity index (χ1v) is 8.53. The second-order valence-corrected chi connectivity index (χ2v) is 5.71. The maximum Gasteiger partial charge on any atom is 0.329 e. The zero-order valence-corrected chi connectivity index (χ0v) is 14.9. The van der Waals surface area contributed by atoms with Crippen molar-refractivity contribution < 1.29 is 14.3 Å². The zero-order chi connectivity index (χ0) is 19.6. The maximum atomic E-state index is 11.9. The molecule has 0 saturated carbocycles. The summed E-state index contributed by atoms with van der Waals surface area (Å²) >= 11 is 0. The molecule has 140 valence electrons. The number of carbonyl (C=O) groups is 2. The molecule has 7 nitrogen and oxygen atoms in total. The van der Waals surface area contributed by atoms with Gasteiger partial charge in [-0.25, -0.2) is 5.43 Å². The van der Waals surface area contributed by atoms with Crippen molar-refractivity contribution in [3.05, 3.63) is 90.3 Å². The number of aromatic nitrogens is 1. The highest BCUT2D eigenvalue weighted by Gasteiger charge is 2.12. The first-order chi connectivity index (χ1) is 13.7. The Bertz CT molecular complexity index is 942. The molecule has 0 aliphatic carbocycles. The number of pyridine rings is 1. The van der Waals surface area contributed by atoms with E-state index in [1.165, 1.54) is 6.21 Å². The van der Waals surface area contributed by atoms with Gasteiger partial charge in [-0.05, 0) is 42.0 Å². The van der Waals surface area contributed by atoms with Crippen LogP contribution in [0.25, 0.3) is 0 Å². The molecule has 28 heavy (non-hydrogen) atoms. The number of hydrogen-bond donors (Lipinski definition) is 2. The van der Waals surface area contributed by atoms with Gasteiger partial charge < -0.3 is 10.1 Å². The monoisotopic (exact) mass is 374 g/mol. The molecule has 2 aromatic carbocycles. The van der Waals surface area contributed by atoms with Crippen molar-refractivity contribution >= 4 is 23.7 Å². The third kappa shape index (κ3) is 5.77. The number of nitrogens with one attached hydrogen (secondary N) is 2. The molecule has 0 aliphatic heterocycles. The lowest BCUT2D eigenvalue weighted by Gasteiger charge is -2.08. The minimum absolute atomic E-state index is 0.448. The Morgan fingerprint density at radius 3 is 2.39 bits per heavy atom. The van der Waals surface area contributed by atoms with Crippen LogP contribution >= 0.6 is 0 Å². The van der Waals surface area contributed by atoms with E-state index in [9.17, 15) is 9.59 Å². The molecule has 0 radical (unpaired) electrons. The van der Waals surface area contributed by atoms with Crippen molar-refractivity contribution in [2.45, 2.75) is 6.61 Å². The van der Waals surface area contributed by atoms with Crippen LogP contribution in [0.5, 0.6) is 5.75 Å². The second-order valence-electron chi connectivity index (χ2n) is 5.71. The van der Waals surface area contributed by atoms with Gasteiger partial charge >= 0.3 is 11.8 Å². The number of amides is 2. The Labute approximate surface area is 162 Å². The van der Waals surface area contributed by atoms with Gasteiger partial charge in [0.15, 0.2) is 0 Å². The second kappa shape index (κ2) is 9.63. The summed E-state index contributed by atoms with van der Waals surface area (Å²) < 4.78 is 5.68. The maximum absolute atomic E-state index is 11.9. The smallest absolute Gasteiger partial charge is 0.329 e. The predicted molar refractivity (Wildman–Crippen MR) is 106 cm³/mol. The number of hydrazone groups is 1. The van der Waals surface area contributed by atoms with Crippen molar-refractivity contribution in [3.63, 3.8) is 0 Å². The van der Waals surface area contributed by atoms with Crippen LogP contribution in [0.3, 0.4) is 0 Å². The number of anilines is 1. The lowest BCUT2D eigenvalue weighted by atomic mass is 10.2. The van der Waals surface area contributed by atoms with Crippen LogP contribution in [0.4, 0.5) is 5.69 Å². The molecular formula is C21H18N4O3. The molecule has 0 fully saturated rings. The highest BCUT2D eigenvalue weighted by atomic mass is 16.5. The molecule has 2 amide bonds. The number of hydrogen-bond acceptors (Lipinski definition) is 5. The summed E-state index contributed by atoms with van der Waals surface area (Å²) in [5.74, 6) is -1.04. The molecule has 2 N–H and O–H groups in total. The lowest BCUT2D eigenvalue weighted by Crippen LogP contribution is -2.32. The van der Waals surface area contributed by atoms with E-state index >= 15 is 0 Å². The fourth-order valence-electron chi connectivity index (χ4n) is 2.22. The number of rotatable bonds is 6. The topological polar surface area (TPSA) is 92.7 Å². The molecule has 0 bridgehead atoms. The van der Waals surface area contributed by atoms with E-state index in [1.807, 2.05) is 30.3 Å². The first kappa shape index (κ1) is 18.8. The van der Waals surface area contributed by atoms with Crippen molar-refractivity contribution in [2.24, 2.45) is 5.10 Å². The number of benzene rings is 2. The fourth-order valence-corrected chi connectivity index (χ4v) is 2.22. The molecular weight excluding hydrogens is 356 g/mol. The van der Waals surface area contributed by atoms with Gasteiger partial charge in [0, 0.05) is 11.9 Å². The van der Waals surface area contributed by atoms with Gasteiger partial charge in [0.05, 0.1) is 11.9 Å². The van der Waals surface area contributed by atoms with Gasteiger partial charge in [-0.2, -0.15) is 5.10 Å². The van der Waals surface area contributed by atoms with Crippen molar-refractivity contribution in [1.29, 1.82) is 0 Å². The number of carbonyl (C=O) groups excluding carboxylic acids is 2. The molecule has 0 saturated heterocycles. The Morgan fingerprint density at radius 1 is 0.929 bits per heavy atom. The predicted octanol–water partition coefficient (Wildman–Crippen LogP) is 2.75. The molecule has 1 aromatic heterocycles. The van der Waals surface area contributed by atoms with E-state index in [1.54, 1.807) is 48.7 Å². The van der Waals surface area contributed by atoms with Gasteiger partial charge in [-0.15, -0.1) is 0 Å². The Kier molecular flexibility index (Phi) is 6.46. The summed E-state index contributed by atoms with van der Waals surface area (Å²) in [6.45, 7) is 0.448. The molecule has 0 aliphatic rings. The third-order valence-electron chi connectivity index (χ3n) is 3.62. The summed E-state index contributed by atoms with van der Waals surface area (Å²) in [5.41, 5.74) is 4.25. The van der Waals surface area contributed by atoms with Crippen LogP contribution in [-0.2, 0) is 16.2 Å². The summed E-state index contributed by atoms with van der Waals surface area (Å²) in [7, 11) is 0. The normalized spacial score (nSPS) is 10.4. The minimum atomic E-state index is -0.878. The highest BCUT2D eigenvalue weighted by molar-refractivity contribution is 6.39. The molecule has 0 unspecified atom stereocenters. The van der Waals surface area contributed by atoms with Gasteiger partial charge in [0.25, 0.3) is 0 Å². The summed E-state index contributed by atoms with van der Waals surface area (Å²) in [6, 6.07) is 21.8. The average Bonchev–Trinajstić information content (AvgIpc) is 2.74. The van der Waals surface area contributed by atoms with E-state index in [-0.39, 0.29) is 0 Å². The molecule has 3 aromatic rings. The van der Waals surface area contributed by atoms with Crippen molar-refractivity contribution in [2.75, 3.05) is 5.32 Å². The third-order valence-corrected chi connectivity index (χ3v) is 3.62. The minimum Gasteiger partial charge on any atom is -0.489 e. The Hall–Kier alpha value is -4.00. The van der Waals surface area contributed by atoms with Gasteiger partial charge in [0.2, 0.25) is 0 Å². The van der Waals surface area contributed by atoms with Crippen LogP contribution in [0.15, 0.2) is 84.1 Å². The fraction of sp³-hybridized carbons (Fsp3) is 0.0476. The highest BCUT2D eigenvalue weighted by Crippen LogP contribution is 2.17. The van der Waals surface area contributed by atoms with E-state index in [0.717, 1.165) is 5.56 Å². The molecule has 1 heterocycles. The first-order valence-electron chi connectivity index (χ1n) is 8.53. The van der Waals surface area contributed by atoms with E-state index in [4.69, 9.17) is 4.74 Å². The van der Waals surface area contributed by atoms with Crippen LogP contribution in [0.1, 0.15) is 11.3 Å². The van der Waals surface area contributed by atoms with E-state index < -0.39 is 11.8 Å². The summed E-state index contributed by atoms with van der Waals surface area (Å²) in [5, 5.41) is 6.20. The molecule has 0 spiro atoms. The molecule has 0 atom stereocenters. The Balaban J connectivity index is 1.47. The van der Waals surface area contributed by atoms with E-state index in [0.29, 0.717) is 23.7 Å². The zero-order valence-electron chi connectivity index (χ0n) is 14.9. The van der Waals surface area contributed by atoms with E-state index in [2.05, 4.69) is 20.8 Å². The van der Waals surface area contributed by atoms with Gasteiger partial charge in [0.1, 0.15) is 12.4 Å². The van der Waals surface area contributed by atoms with Crippen LogP contribution in [0.2, 0.25) is 0 Å². The average molecular weight is 374 g/mol. The van der Waals surface area contributed by atoms with Crippen molar-refractivity contribution in [3.8, 4) is 5.75 Å². The summed E-state index contributed by atoms with van der Waals surface area (Å²) in [6.07, 6.45) is 2.95. The van der Waals surface area contributed by atoms with Crippen LogP contribution in [-0.4, -0.2) is 23.0 Å². The quantitative estimate of drug-likeness (QED) is 0.394. The largest absolute Gasteiger partial charge is 0.489 e. The van der Waals surface area contributed by atoms with Crippen LogP contribution < -0.4 is 15.5 Å². The molecule has 3 rings (SSSR count). The van der Waals surface area contributed by atoms with Gasteiger partial charge in [-0.3, -0.25) is 14.6 Å². The lowest BCUT2D eigenvalue weighted by molar-refractivity contribution is -0.136. The standard InChI is InChI=1S/C21H18N4O3/c26-20(21(27)25-23-14-18-8-4-5-13-22-18)24-17-9-11-19(12-10-17)28-15-16-6-2-1-3-7-16/h1-14H,15H2,(H,24,26)(H,25,27)/b23-14-. The molecule has 7 heteroatoms. The Morgan fingerprint density at radius 2 is 1.68 bits per heavy atom. The van der Waals surface area contributed by atoms with Crippen LogP contribution in [0, 0.1) is 0 Å². The number of nitrogens with zero attached hydrogens (tertiary/aromatic N) is 2. The van der Waals surface area contributed by atoms with Gasteiger partial charge in [-0.1, -0.05) is 36.4 Å².